The van der Waals surface area contributed by atoms with Gasteiger partial charge < -0.3 is 15.3 Å². The van der Waals surface area contributed by atoms with Crippen LogP contribution in [0.3, 0.4) is 0 Å². The standard InChI is InChI=1S/C9H11N3O4/c1-4-3-6(13)7(8(14)16-4)5(2)11-12-9(10)15/h3,13H,1-2H3,(H3,10,12,15). The molecule has 0 aliphatic heterocycles. The average Bonchev–Trinajstić information content (AvgIpc) is 2.12. The van der Waals surface area contributed by atoms with Gasteiger partial charge in [0.15, 0.2) is 0 Å². The average molecular weight is 225 g/mol. The van der Waals surface area contributed by atoms with Gasteiger partial charge in [0.25, 0.3) is 0 Å². The minimum Gasteiger partial charge on any atom is -0.507 e. The SMILES string of the molecule is CC(=NNC(N)=O)c1c(O)cc(C)oc1=O. The molecule has 7 nitrogen and oxygen atoms in total. The lowest BCUT2D eigenvalue weighted by atomic mass is 10.2. The summed E-state index contributed by atoms with van der Waals surface area (Å²) in [6, 6.07) is 0.412. The molecule has 0 saturated carbocycles. The molecule has 0 atom stereocenters. The number of carbonyl (C=O) groups excluding carboxylic acids is 1. The van der Waals surface area contributed by atoms with Gasteiger partial charge in [-0.2, -0.15) is 5.10 Å². The maximum atomic E-state index is 11.4. The van der Waals surface area contributed by atoms with Crippen molar-refractivity contribution in [2.75, 3.05) is 0 Å². The number of aryl methyl sites for hydroxylation is 1. The van der Waals surface area contributed by atoms with Crippen LogP contribution in [0.5, 0.6) is 5.75 Å². The third-order valence-corrected chi connectivity index (χ3v) is 1.75. The highest BCUT2D eigenvalue weighted by Crippen LogP contribution is 2.14. The van der Waals surface area contributed by atoms with E-state index in [-0.39, 0.29) is 22.8 Å². The summed E-state index contributed by atoms with van der Waals surface area (Å²) in [6.45, 7) is 2.95. The molecule has 0 aromatic carbocycles. The molecule has 16 heavy (non-hydrogen) atoms. The van der Waals surface area contributed by atoms with Crippen molar-refractivity contribution >= 4 is 11.7 Å². The van der Waals surface area contributed by atoms with E-state index in [9.17, 15) is 14.7 Å². The quantitative estimate of drug-likeness (QED) is 0.486. The summed E-state index contributed by atoms with van der Waals surface area (Å²) in [5.41, 5.74) is 6.00. The van der Waals surface area contributed by atoms with Crippen molar-refractivity contribution in [2.24, 2.45) is 10.8 Å². The molecule has 0 spiro atoms. The van der Waals surface area contributed by atoms with Crippen LogP contribution in [0, 0.1) is 6.92 Å². The molecule has 1 aromatic rings. The van der Waals surface area contributed by atoms with Crippen LogP contribution in [0.1, 0.15) is 18.2 Å². The summed E-state index contributed by atoms with van der Waals surface area (Å²) in [5.74, 6) is 0.0168. The summed E-state index contributed by atoms with van der Waals surface area (Å²) in [5, 5.41) is 13.0. The molecule has 0 radical (unpaired) electrons. The maximum absolute atomic E-state index is 11.4. The lowest BCUT2D eigenvalue weighted by Crippen LogP contribution is -2.26. The zero-order valence-corrected chi connectivity index (χ0v) is 8.77. The van der Waals surface area contributed by atoms with Crippen molar-refractivity contribution in [3.05, 3.63) is 27.8 Å². The molecular formula is C9H11N3O4. The normalized spacial score (nSPS) is 11.2. The number of nitrogens with two attached hydrogens (primary N) is 1. The molecule has 0 saturated heterocycles. The molecule has 0 unspecified atom stereocenters. The Morgan fingerprint density at radius 1 is 1.62 bits per heavy atom. The van der Waals surface area contributed by atoms with Crippen LogP contribution in [0.15, 0.2) is 20.4 Å². The zero-order chi connectivity index (χ0) is 12.3. The molecule has 7 heteroatoms. The van der Waals surface area contributed by atoms with Gasteiger partial charge in [-0.3, -0.25) is 0 Å². The van der Waals surface area contributed by atoms with Gasteiger partial charge in [-0.05, 0) is 13.8 Å². The number of hydrazone groups is 1. The number of nitrogens with zero attached hydrogens (tertiary/aromatic N) is 1. The molecule has 0 aliphatic rings. The van der Waals surface area contributed by atoms with Gasteiger partial charge in [-0.25, -0.2) is 15.0 Å². The number of hydrogen-bond acceptors (Lipinski definition) is 5. The Hall–Kier alpha value is -2.31. The minimum absolute atomic E-state index is 0.102. The predicted molar refractivity (Wildman–Crippen MR) is 56.3 cm³/mol. The van der Waals surface area contributed by atoms with Crippen molar-refractivity contribution in [1.82, 2.24) is 5.43 Å². The molecule has 0 bridgehead atoms. The fraction of sp³-hybridized carbons (Fsp3) is 0.222. The zero-order valence-electron chi connectivity index (χ0n) is 8.77. The predicted octanol–water partition coefficient (Wildman–Crippen LogP) is 0.0461. The topological polar surface area (TPSA) is 118 Å². The Kier molecular flexibility index (Phi) is 3.29. The van der Waals surface area contributed by atoms with Crippen LogP contribution < -0.4 is 16.8 Å². The third kappa shape index (κ3) is 2.59. The van der Waals surface area contributed by atoms with Crippen LogP contribution in [0.4, 0.5) is 4.79 Å². The fourth-order valence-corrected chi connectivity index (χ4v) is 1.12. The minimum atomic E-state index is -0.865. The number of aromatic hydroxyl groups is 1. The Labute approximate surface area is 90.6 Å². The fourth-order valence-electron chi connectivity index (χ4n) is 1.12. The van der Waals surface area contributed by atoms with E-state index in [1.165, 1.54) is 19.9 Å². The van der Waals surface area contributed by atoms with E-state index in [2.05, 4.69) is 5.10 Å². The van der Waals surface area contributed by atoms with Crippen molar-refractivity contribution in [3.63, 3.8) is 0 Å². The van der Waals surface area contributed by atoms with Gasteiger partial charge >= 0.3 is 11.7 Å². The first kappa shape index (κ1) is 11.8. The summed E-state index contributed by atoms with van der Waals surface area (Å²) in [6.07, 6.45) is 0. The summed E-state index contributed by atoms with van der Waals surface area (Å²) < 4.78 is 4.78. The Balaban J connectivity index is 3.18. The van der Waals surface area contributed by atoms with Gasteiger partial charge in [0.1, 0.15) is 17.1 Å². The number of nitrogens with one attached hydrogen (secondary N) is 1. The van der Waals surface area contributed by atoms with E-state index in [1.807, 2.05) is 5.43 Å². The first-order valence-corrected chi connectivity index (χ1v) is 4.35. The van der Waals surface area contributed by atoms with E-state index < -0.39 is 11.7 Å². The summed E-state index contributed by atoms with van der Waals surface area (Å²) in [4.78, 5) is 21.8. The molecule has 1 aromatic heterocycles. The molecule has 86 valence electrons. The number of rotatable bonds is 2. The van der Waals surface area contributed by atoms with Crippen molar-refractivity contribution in [2.45, 2.75) is 13.8 Å². The van der Waals surface area contributed by atoms with Crippen LogP contribution in [-0.4, -0.2) is 16.8 Å². The van der Waals surface area contributed by atoms with Crippen LogP contribution in [-0.2, 0) is 0 Å². The largest absolute Gasteiger partial charge is 0.507 e. The second-order valence-corrected chi connectivity index (χ2v) is 3.08. The van der Waals surface area contributed by atoms with E-state index in [0.29, 0.717) is 0 Å². The Morgan fingerprint density at radius 2 is 2.25 bits per heavy atom. The van der Waals surface area contributed by atoms with Crippen molar-refractivity contribution < 1.29 is 14.3 Å². The highest BCUT2D eigenvalue weighted by molar-refractivity contribution is 6.00. The van der Waals surface area contributed by atoms with Crippen molar-refractivity contribution in [3.8, 4) is 5.75 Å². The number of hydrogen-bond donors (Lipinski definition) is 3. The lowest BCUT2D eigenvalue weighted by molar-refractivity contribution is 0.249. The number of primary amides is 1. The highest BCUT2D eigenvalue weighted by Gasteiger charge is 2.12. The van der Waals surface area contributed by atoms with E-state index >= 15 is 0 Å². The molecule has 2 amide bonds. The van der Waals surface area contributed by atoms with Gasteiger partial charge in [-0.1, -0.05) is 0 Å². The Bertz CT molecular complexity index is 504. The maximum Gasteiger partial charge on any atom is 0.348 e. The Morgan fingerprint density at radius 3 is 2.75 bits per heavy atom. The summed E-state index contributed by atoms with van der Waals surface area (Å²) in [7, 11) is 0. The van der Waals surface area contributed by atoms with Gasteiger partial charge in [0.2, 0.25) is 0 Å². The molecule has 0 aliphatic carbocycles. The van der Waals surface area contributed by atoms with Crippen LogP contribution in [0.25, 0.3) is 0 Å². The smallest absolute Gasteiger partial charge is 0.348 e. The van der Waals surface area contributed by atoms with E-state index in [1.54, 1.807) is 0 Å². The molecule has 4 N–H and O–H groups in total. The number of carbonyl (C=O) groups is 1. The lowest BCUT2D eigenvalue weighted by Gasteiger charge is -2.02. The second kappa shape index (κ2) is 4.47. The highest BCUT2D eigenvalue weighted by atomic mass is 16.4. The van der Waals surface area contributed by atoms with Crippen LogP contribution in [0.2, 0.25) is 0 Å². The number of amides is 2. The summed E-state index contributed by atoms with van der Waals surface area (Å²) >= 11 is 0. The van der Waals surface area contributed by atoms with Crippen molar-refractivity contribution in [1.29, 1.82) is 0 Å². The molecule has 1 rings (SSSR count). The van der Waals surface area contributed by atoms with Gasteiger partial charge in [0, 0.05) is 6.07 Å². The first-order chi connectivity index (χ1) is 7.41. The monoisotopic (exact) mass is 225 g/mol. The van der Waals surface area contributed by atoms with Gasteiger partial charge in [0.05, 0.1) is 5.71 Å². The first-order valence-electron chi connectivity index (χ1n) is 4.35. The van der Waals surface area contributed by atoms with E-state index in [0.717, 1.165) is 0 Å². The molecule has 1 heterocycles. The third-order valence-electron chi connectivity index (χ3n) is 1.75. The van der Waals surface area contributed by atoms with Gasteiger partial charge in [-0.15, -0.1) is 0 Å². The van der Waals surface area contributed by atoms with E-state index in [4.69, 9.17) is 10.2 Å². The second-order valence-electron chi connectivity index (χ2n) is 3.08. The molecule has 0 fully saturated rings. The molecular weight excluding hydrogens is 214 g/mol. The number of urea groups is 1. The van der Waals surface area contributed by atoms with Crippen LogP contribution >= 0.6 is 0 Å².